The average molecular weight is 487 g/mol. The number of unbranched alkanes of at least 4 members (excludes halogenated alkanes) is 1. The normalized spacial score (nSPS) is 21.4. The van der Waals surface area contributed by atoms with Gasteiger partial charge in [-0.05, 0) is 61.6 Å². The third-order valence-electron chi connectivity index (χ3n) is 5.37. The molecule has 1 amide bonds. The molecule has 5 N–H and O–H groups in total. The van der Waals surface area contributed by atoms with Gasteiger partial charge in [0.2, 0.25) is 12.2 Å². The molecule has 1 aliphatic heterocycles. The van der Waals surface area contributed by atoms with Gasteiger partial charge in [0.15, 0.2) is 6.10 Å². The van der Waals surface area contributed by atoms with Crippen molar-refractivity contribution in [1.29, 1.82) is 0 Å². The number of benzene rings is 1. The lowest BCUT2D eigenvalue weighted by Gasteiger charge is -2.31. The van der Waals surface area contributed by atoms with Crippen LogP contribution in [0, 0.1) is 0 Å². The van der Waals surface area contributed by atoms with Crippen LogP contribution in [0.1, 0.15) is 36.8 Å². The Morgan fingerprint density at radius 2 is 2.06 bits per heavy atom. The van der Waals surface area contributed by atoms with Crippen molar-refractivity contribution < 1.29 is 38.6 Å². The van der Waals surface area contributed by atoms with Gasteiger partial charge >= 0.3 is 5.97 Å². The van der Waals surface area contributed by atoms with Gasteiger partial charge in [-0.25, -0.2) is 4.79 Å². The fraction of sp³-hybridized carbons (Fsp3) is 0.636. The maximum atomic E-state index is 12.1. The van der Waals surface area contributed by atoms with Crippen LogP contribution >= 0.6 is 12.0 Å². The van der Waals surface area contributed by atoms with E-state index in [9.17, 15) is 19.8 Å². The molecule has 0 spiro atoms. The molecule has 2 rings (SSSR count). The second-order valence-corrected chi connectivity index (χ2v) is 8.48. The van der Waals surface area contributed by atoms with Crippen LogP contribution in [0.2, 0.25) is 0 Å². The van der Waals surface area contributed by atoms with E-state index in [1.807, 2.05) is 12.1 Å². The molecule has 11 heteroatoms. The smallest absolute Gasteiger partial charge is 0.333 e. The molecule has 0 bridgehead atoms. The predicted octanol–water partition coefficient (Wildman–Crippen LogP) is 1.40. The van der Waals surface area contributed by atoms with Gasteiger partial charge in [0.1, 0.15) is 5.75 Å². The molecule has 4 atom stereocenters. The lowest BCUT2D eigenvalue weighted by Crippen LogP contribution is -2.44. The Labute approximate surface area is 198 Å². The minimum absolute atomic E-state index is 0.0393. The van der Waals surface area contributed by atoms with Gasteiger partial charge in [0.25, 0.3) is 0 Å². The Balaban J connectivity index is 1.91. The Morgan fingerprint density at radius 3 is 2.73 bits per heavy atom. The molecular formula is C22H34N2O8S. The number of carbonyl (C=O) groups excluding carboxylic acids is 1. The summed E-state index contributed by atoms with van der Waals surface area (Å²) in [6.45, 7) is 0.960. The van der Waals surface area contributed by atoms with E-state index in [-0.39, 0.29) is 24.5 Å². The summed E-state index contributed by atoms with van der Waals surface area (Å²) < 4.78 is 25.5. The monoisotopic (exact) mass is 486 g/mol. The van der Waals surface area contributed by atoms with Crippen molar-refractivity contribution in [2.45, 2.75) is 63.3 Å². The largest absolute Gasteiger partial charge is 0.479 e. The van der Waals surface area contributed by atoms with E-state index in [4.69, 9.17) is 18.8 Å². The average Bonchev–Trinajstić information content (AvgIpc) is 2.78. The fourth-order valence-corrected chi connectivity index (χ4v) is 4.06. The first-order valence-corrected chi connectivity index (χ1v) is 11.9. The van der Waals surface area contributed by atoms with E-state index in [2.05, 4.69) is 10.6 Å². The van der Waals surface area contributed by atoms with Crippen LogP contribution < -0.4 is 15.4 Å². The van der Waals surface area contributed by atoms with Gasteiger partial charge in [0.05, 0.1) is 18.8 Å². The Morgan fingerprint density at radius 1 is 1.27 bits per heavy atom. The number of hydrogen-bond donors (Lipinski definition) is 5. The van der Waals surface area contributed by atoms with Crippen molar-refractivity contribution in [1.82, 2.24) is 10.6 Å². The van der Waals surface area contributed by atoms with Gasteiger partial charge in [-0.15, -0.1) is 0 Å². The highest BCUT2D eigenvalue weighted by Crippen LogP contribution is 2.26. The number of ether oxygens (including phenoxy) is 3. The molecule has 1 saturated heterocycles. The number of amides is 1. The summed E-state index contributed by atoms with van der Waals surface area (Å²) >= 11 is 0.626. The molecule has 1 aliphatic rings. The number of aliphatic hydroxyl groups excluding tert-OH is 1. The maximum absolute atomic E-state index is 12.1. The van der Waals surface area contributed by atoms with E-state index in [1.165, 1.54) is 0 Å². The number of nitrogens with one attached hydrogen (secondary N) is 2. The zero-order chi connectivity index (χ0) is 24.2. The Kier molecular flexibility index (Phi) is 11.9. The standard InChI is InChI=1S/C22H34N2O8S/c1-23-18(13-33-29)21(26)24-8-4-3-5-14-9-17(7-6-15(14)12-30-2)31-20-11-16(25)10-19(32-20)22(27)28/h6-7,9,16,18-20,23,25,29H,3-5,8,10-13H2,1-2H3,(H,24,26)(H,27,28). The highest BCUT2D eigenvalue weighted by Gasteiger charge is 2.34. The van der Waals surface area contributed by atoms with E-state index in [0.717, 1.165) is 30.4 Å². The Bertz CT molecular complexity index is 766. The summed E-state index contributed by atoms with van der Waals surface area (Å²) in [5.41, 5.74) is 2.04. The number of aliphatic hydroxyl groups is 1. The van der Waals surface area contributed by atoms with Crippen LogP contribution in [0.3, 0.4) is 0 Å². The lowest BCUT2D eigenvalue weighted by atomic mass is 10.0. The van der Waals surface area contributed by atoms with Gasteiger partial charge in [0, 0.05) is 32.2 Å². The van der Waals surface area contributed by atoms with Gasteiger partial charge in [-0.2, -0.15) is 0 Å². The van der Waals surface area contributed by atoms with E-state index >= 15 is 0 Å². The first kappa shape index (κ1) is 27.4. The quantitative estimate of drug-likeness (QED) is 0.193. The minimum atomic E-state index is -1.12. The van der Waals surface area contributed by atoms with E-state index in [0.29, 0.717) is 30.9 Å². The summed E-state index contributed by atoms with van der Waals surface area (Å²) in [6, 6.07) is 5.11. The molecule has 33 heavy (non-hydrogen) atoms. The molecular weight excluding hydrogens is 452 g/mol. The number of hydrogen-bond acceptors (Lipinski definition) is 9. The lowest BCUT2D eigenvalue weighted by molar-refractivity contribution is -0.195. The van der Waals surface area contributed by atoms with Crippen LogP contribution in [0.25, 0.3) is 0 Å². The van der Waals surface area contributed by atoms with Gasteiger partial charge in [-0.1, -0.05) is 6.07 Å². The van der Waals surface area contributed by atoms with Crippen molar-refractivity contribution in [3.05, 3.63) is 29.3 Å². The molecule has 4 unspecified atom stereocenters. The zero-order valence-corrected chi connectivity index (χ0v) is 19.8. The van der Waals surface area contributed by atoms with Crippen LogP contribution in [0.5, 0.6) is 5.75 Å². The van der Waals surface area contributed by atoms with Crippen molar-refractivity contribution in [3.8, 4) is 5.75 Å². The molecule has 1 aromatic rings. The minimum Gasteiger partial charge on any atom is -0.479 e. The molecule has 1 aromatic carbocycles. The number of rotatable bonds is 14. The van der Waals surface area contributed by atoms with Crippen LogP contribution in [-0.4, -0.2) is 77.6 Å². The Hall–Kier alpha value is -1.89. The number of aliphatic carboxylic acids is 1. The zero-order valence-electron chi connectivity index (χ0n) is 19.0. The molecule has 0 aromatic heterocycles. The van der Waals surface area contributed by atoms with Gasteiger partial charge < -0.3 is 39.6 Å². The van der Waals surface area contributed by atoms with Crippen LogP contribution in [-0.2, 0) is 32.1 Å². The highest BCUT2D eigenvalue weighted by atomic mass is 32.2. The van der Waals surface area contributed by atoms with Gasteiger partial charge in [-0.3, -0.25) is 4.79 Å². The summed E-state index contributed by atoms with van der Waals surface area (Å²) in [4.78, 5) is 23.3. The third kappa shape index (κ3) is 9.11. The predicted molar refractivity (Wildman–Crippen MR) is 123 cm³/mol. The molecule has 0 saturated carbocycles. The molecule has 186 valence electrons. The SMILES string of the molecule is CNC(CSO)C(=O)NCCCCc1cc(OC2CC(O)CC(C(=O)O)O2)ccc1COC. The fourth-order valence-electron chi connectivity index (χ4n) is 3.59. The number of aryl methyl sites for hydroxylation is 1. The number of likely N-dealkylation sites (N-methyl/N-ethyl adjacent to an activating group) is 1. The van der Waals surface area contributed by atoms with Crippen molar-refractivity contribution in [3.63, 3.8) is 0 Å². The molecule has 0 radical (unpaired) electrons. The number of methoxy groups -OCH3 is 1. The number of carboxylic acid groups (broad SMARTS) is 1. The highest BCUT2D eigenvalue weighted by molar-refractivity contribution is 7.93. The second kappa shape index (κ2) is 14.4. The van der Waals surface area contributed by atoms with E-state index < -0.39 is 30.5 Å². The molecule has 1 fully saturated rings. The summed E-state index contributed by atoms with van der Waals surface area (Å²) in [5.74, 6) is -0.463. The topological polar surface area (TPSA) is 147 Å². The number of carboxylic acids is 1. The van der Waals surface area contributed by atoms with Crippen LogP contribution in [0.15, 0.2) is 18.2 Å². The molecule has 10 nitrogen and oxygen atoms in total. The van der Waals surface area contributed by atoms with Crippen LogP contribution in [0.4, 0.5) is 0 Å². The summed E-state index contributed by atoms with van der Waals surface area (Å²) in [7, 11) is 3.30. The van der Waals surface area contributed by atoms with Crippen molar-refractivity contribution >= 4 is 23.9 Å². The van der Waals surface area contributed by atoms with E-state index in [1.54, 1.807) is 20.2 Å². The second-order valence-electron chi connectivity index (χ2n) is 7.88. The van der Waals surface area contributed by atoms with Crippen molar-refractivity contribution in [2.75, 3.05) is 26.5 Å². The first-order chi connectivity index (χ1) is 15.9. The molecule has 1 heterocycles. The summed E-state index contributed by atoms with van der Waals surface area (Å²) in [5, 5.41) is 24.8. The maximum Gasteiger partial charge on any atom is 0.333 e. The third-order valence-corrected chi connectivity index (χ3v) is 5.85. The molecule has 0 aliphatic carbocycles. The summed E-state index contributed by atoms with van der Waals surface area (Å²) in [6.07, 6.45) is -0.185. The van der Waals surface area contributed by atoms with Crippen molar-refractivity contribution in [2.24, 2.45) is 0 Å². The first-order valence-electron chi connectivity index (χ1n) is 10.9. The number of carbonyl (C=O) groups is 2.